The summed E-state index contributed by atoms with van der Waals surface area (Å²) in [6, 6.07) is -12.7. The quantitative estimate of drug-likeness (QED) is 0.135. The number of Topliss-reactive ketones (excluding diaryl/α,β-unsaturated/α-hetero) is 1. The van der Waals surface area contributed by atoms with Crippen LogP contribution >= 0.6 is 0 Å². The molecular formula is C63H111N11O12. The molecule has 23 nitrogen and oxygen atoms in total. The highest BCUT2D eigenvalue weighted by Gasteiger charge is 2.46. The molecule has 0 saturated carbocycles. The highest BCUT2D eigenvalue weighted by molar-refractivity contribution is 6.10. The van der Waals surface area contributed by atoms with Crippen LogP contribution < -0.4 is 21.3 Å². The Labute approximate surface area is 514 Å². The van der Waals surface area contributed by atoms with E-state index < -0.39 is 161 Å². The smallest absolute Gasteiger partial charge is 0.251 e. The molecule has 0 bridgehead atoms. The number of nitrogens with one attached hydrogen (secondary N) is 4. The van der Waals surface area contributed by atoms with Crippen molar-refractivity contribution in [1.29, 1.82) is 0 Å². The molecule has 11 unspecified atom stereocenters. The molecule has 1 heterocycles. The van der Waals surface area contributed by atoms with Gasteiger partial charge in [-0.15, -0.1) is 0 Å². The lowest BCUT2D eigenvalue weighted by molar-refractivity contribution is -0.157. The number of rotatable bonds is 15. The van der Waals surface area contributed by atoms with Gasteiger partial charge in [0.15, 0.2) is 11.8 Å². The van der Waals surface area contributed by atoms with Gasteiger partial charge in [0.2, 0.25) is 59.1 Å². The second-order valence-electron chi connectivity index (χ2n) is 26.6. The zero-order chi connectivity index (χ0) is 66.8. The second kappa shape index (κ2) is 34.8. The number of amides is 11. The molecule has 1 rings (SSSR count). The average Bonchev–Trinajstić information content (AvgIpc) is 2.16. The van der Waals surface area contributed by atoms with Crippen molar-refractivity contribution in [2.45, 2.75) is 217 Å². The molecule has 1 aliphatic heterocycles. The van der Waals surface area contributed by atoms with Crippen LogP contribution in [0.4, 0.5) is 0 Å². The molecule has 11 atom stereocenters. The minimum absolute atomic E-state index is 0.128. The van der Waals surface area contributed by atoms with Crippen molar-refractivity contribution in [3.63, 3.8) is 0 Å². The predicted octanol–water partition coefficient (Wildman–Crippen LogP) is 3.72. The summed E-state index contributed by atoms with van der Waals surface area (Å²) in [5.41, 5.74) is 0. The first-order chi connectivity index (χ1) is 39.6. The van der Waals surface area contributed by atoms with E-state index in [1.54, 1.807) is 67.5 Å². The first-order valence-corrected chi connectivity index (χ1v) is 30.8. The van der Waals surface area contributed by atoms with Gasteiger partial charge >= 0.3 is 0 Å². The van der Waals surface area contributed by atoms with E-state index in [0.717, 1.165) is 9.80 Å². The first kappa shape index (κ1) is 77.6. The maximum atomic E-state index is 15.2. The van der Waals surface area contributed by atoms with Gasteiger partial charge in [-0.1, -0.05) is 116 Å². The Bertz CT molecular complexity index is 2410. The van der Waals surface area contributed by atoms with Crippen LogP contribution in [0.3, 0.4) is 0 Å². The van der Waals surface area contributed by atoms with Crippen molar-refractivity contribution in [1.82, 2.24) is 55.6 Å². The molecule has 0 aromatic rings. The normalized spacial score (nSPS) is 26.4. The fourth-order valence-electron chi connectivity index (χ4n) is 10.7. The largest absolute Gasteiger partial charge is 0.343 e. The summed E-state index contributed by atoms with van der Waals surface area (Å²) < 4.78 is 0. The van der Waals surface area contributed by atoms with E-state index in [-0.39, 0.29) is 55.8 Å². The van der Waals surface area contributed by atoms with E-state index in [1.165, 1.54) is 87.7 Å². The standard InChI is InChI=1S/C63H111N11O12/c1-26-27-28-41(16)53(76)52-57(80)67-49(38(10)11)61(84)68(19)33-48(75)69(20)44(29-34(2)3)56(79)66-50(39(12)13)62(85)70(21)45(30-35(4)5)55(78)64-42(17)54(77)65-43(18)58(81)71(22)46(31-36(6)7)59(82)72(23)47(32-37(8)9)60(83)73(24)51(40(14)15)63(86)74(52)25/h26-27,34-47,49-52H,28-33H2,1-25H3,(H,64,78)(H,65,77)(H,66,79)(H,67,80). The van der Waals surface area contributed by atoms with Gasteiger partial charge in [0, 0.05) is 55.3 Å². The average molecular weight is 1210 g/mol. The fourth-order valence-corrected chi connectivity index (χ4v) is 10.7. The molecule has 0 aromatic carbocycles. The second-order valence-corrected chi connectivity index (χ2v) is 26.6. The lowest BCUT2D eigenvalue weighted by Crippen LogP contribution is -2.63. The molecule has 23 heteroatoms. The van der Waals surface area contributed by atoms with Crippen LogP contribution in [0, 0.1) is 47.3 Å². The van der Waals surface area contributed by atoms with Gasteiger partial charge in [-0.3, -0.25) is 57.5 Å². The van der Waals surface area contributed by atoms with Gasteiger partial charge in [0.25, 0.3) is 5.91 Å². The Kier molecular flexibility index (Phi) is 31.4. The highest BCUT2D eigenvalue weighted by Crippen LogP contribution is 2.25. The predicted molar refractivity (Wildman–Crippen MR) is 332 cm³/mol. The zero-order valence-corrected chi connectivity index (χ0v) is 56.8. The third-order valence-electron chi connectivity index (χ3n) is 16.1. The molecule has 0 aliphatic carbocycles. The number of ketones is 1. The van der Waals surface area contributed by atoms with E-state index in [1.807, 2.05) is 55.4 Å². The molecule has 490 valence electrons. The van der Waals surface area contributed by atoms with Crippen molar-refractivity contribution in [2.75, 3.05) is 55.9 Å². The molecule has 1 fully saturated rings. The number of carbonyl (C=O) groups is 12. The number of likely N-dealkylation sites (N-methyl/N-ethyl adjacent to an activating group) is 7. The summed E-state index contributed by atoms with van der Waals surface area (Å²) in [4.78, 5) is 183. The summed E-state index contributed by atoms with van der Waals surface area (Å²) in [5.74, 6) is -11.6. The highest BCUT2D eigenvalue weighted by atomic mass is 16.2. The SMILES string of the molecule is CC=CCC(C)C(=O)C1C(=O)NC(C(C)C)C(=O)N(C)CC(=O)N(C)C(CC(C)C)C(=O)NC(C(C)C)C(=O)N(C)C(CC(C)C)C(=O)NC(C)C(=O)NC(C)C(=O)N(C)C(CC(C)C)C(=O)N(C)C(CC(C)C)C(=O)N(C)C(C(C)C)C(=O)N1C. The van der Waals surface area contributed by atoms with Gasteiger partial charge in [-0.2, -0.15) is 0 Å². The lowest BCUT2D eigenvalue weighted by Gasteiger charge is -2.41. The van der Waals surface area contributed by atoms with Crippen molar-refractivity contribution < 1.29 is 57.5 Å². The van der Waals surface area contributed by atoms with Gasteiger partial charge < -0.3 is 55.6 Å². The first-order valence-electron chi connectivity index (χ1n) is 30.8. The summed E-state index contributed by atoms with van der Waals surface area (Å²) in [6.07, 6.45) is 4.28. The van der Waals surface area contributed by atoms with E-state index in [0.29, 0.717) is 0 Å². The zero-order valence-electron chi connectivity index (χ0n) is 56.8. The van der Waals surface area contributed by atoms with Crippen molar-refractivity contribution in [3.05, 3.63) is 12.2 Å². The van der Waals surface area contributed by atoms with Crippen LogP contribution in [-0.2, 0) is 57.5 Å². The number of carbonyl (C=O) groups excluding carboxylic acids is 12. The fraction of sp³-hybridized carbons (Fsp3) is 0.778. The van der Waals surface area contributed by atoms with Crippen LogP contribution in [0.5, 0.6) is 0 Å². The maximum Gasteiger partial charge on any atom is 0.251 e. The topological polar surface area (TPSA) is 276 Å². The third kappa shape index (κ3) is 21.5. The van der Waals surface area contributed by atoms with Crippen LogP contribution in [0.25, 0.3) is 0 Å². The Balaban J connectivity index is 4.37. The van der Waals surface area contributed by atoms with Gasteiger partial charge in [-0.05, 0) is 94.3 Å². The molecule has 1 aliphatic rings. The number of allylic oxidation sites excluding steroid dienone is 2. The monoisotopic (exact) mass is 1210 g/mol. The third-order valence-corrected chi connectivity index (χ3v) is 16.1. The number of nitrogens with zero attached hydrogens (tertiary/aromatic N) is 7. The molecule has 4 N–H and O–H groups in total. The Morgan fingerprint density at radius 1 is 0.430 bits per heavy atom. The van der Waals surface area contributed by atoms with E-state index in [2.05, 4.69) is 21.3 Å². The Hall–Kier alpha value is -6.42. The van der Waals surface area contributed by atoms with Crippen LogP contribution in [0.2, 0.25) is 0 Å². The molecule has 0 spiro atoms. The van der Waals surface area contributed by atoms with E-state index in [9.17, 15) is 47.9 Å². The number of hydrogen-bond acceptors (Lipinski definition) is 12. The molecule has 0 radical (unpaired) electrons. The summed E-state index contributed by atoms with van der Waals surface area (Å²) in [7, 11) is 9.80. The van der Waals surface area contributed by atoms with Crippen LogP contribution in [0.1, 0.15) is 157 Å². The Morgan fingerprint density at radius 2 is 0.814 bits per heavy atom. The number of hydrogen-bond donors (Lipinski definition) is 4. The van der Waals surface area contributed by atoms with Crippen LogP contribution in [-0.4, -0.2) is 221 Å². The van der Waals surface area contributed by atoms with Crippen LogP contribution in [0.15, 0.2) is 12.2 Å². The van der Waals surface area contributed by atoms with Gasteiger partial charge in [-0.25, -0.2) is 0 Å². The van der Waals surface area contributed by atoms with E-state index >= 15 is 9.59 Å². The lowest BCUT2D eigenvalue weighted by atomic mass is 9.92. The van der Waals surface area contributed by atoms with Crippen molar-refractivity contribution >= 4 is 70.8 Å². The van der Waals surface area contributed by atoms with Crippen molar-refractivity contribution in [2.24, 2.45) is 47.3 Å². The minimum Gasteiger partial charge on any atom is -0.343 e. The van der Waals surface area contributed by atoms with Gasteiger partial charge in [0.05, 0.1) is 6.54 Å². The molecule has 86 heavy (non-hydrogen) atoms. The Morgan fingerprint density at radius 3 is 1.26 bits per heavy atom. The molecule has 1 saturated heterocycles. The maximum absolute atomic E-state index is 15.2. The van der Waals surface area contributed by atoms with E-state index in [4.69, 9.17) is 0 Å². The summed E-state index contributed by atoms with van der Waals surface area (Å²) in [6.45, 7) is 30.8. The summed E-state index contributed by atoms with van der Waals surface area (Å²) in [5, 5.41) is 11.0. The molecular weight excluding hydrogens is 1100 g/mol. The van der Waals surface area contributed by atoms with Gasteiger partial charge in [0.1, 0.15) is 54.4 Å². The minimum atomic E-state index is -1.82. The molecule has 0 aromatic heterocycles. The summed E-state index contributed by atoms with van der Waals surface area (Å²) >= 11 is 0. The molecule has 11 amide bonds. The van der Waals surface area contributed by atoms with Crippen molar-refractivity contribution in [3.8, 4) is 0 Å².